The fraction of sp³-hybridized carbons (Fsp3) is 0.600. The van der Waals surface area contributed by atoms with Gasteiger partial charge in [0, 0.05) is 50.8 Å². The van der Waals surface area contributed by atoms with E-state index in [1.165, 1.54) is 0 Å². The zero-order valence-electron chi connectivity index (χ0n) is 29.8. The molecule has 250 valence electrons. The molecule has 0 spiro atoms. The van der Waals surface area contributed by atoms with Gasteiger partial charge < -0.3 is 28.9 Å². The minimum atomic E-state index is -0.0819. The standard InChI is InChI=1S/C40H56N2O4/c1-37(2,3)35-18-25-11-12-30(24-34(25)46-35)44-32-22-28(23-32)42-40(9,10)16-15-39(7,8)36-19-26-17-29(13-14-33(26)45-36)43-31-20-27(21-31)41-38(4,5)6/h11-14,17-19,24,27-28,31-32,41-42H,15-16,20-23H2,1-10H3. The fourth-order valence-electron chi connectivity index (χ4n) is 6.81. The van der Waals surface area contributed by atoms with Gasteiger partial charge in [-0.1, -0.05) is 34.6 Å². The first-order chi connectivity index (χ1) is 21.4. The van der Waals surface area contributed by atoms with Gasteiger partial charge in [-0.2, -0.15) is 0 Å². The Morgan fingerprint density at radius 3 is 1.80 bits per heavy atom. The van der Waals surface area contributed by atoms with E-state index in [9.17, 15) is 0 Å². The van der Waals surface area contributed by atoms with Crippen molar-refractivity contribution >= 4 is 21.9 Å². The van der Waals surface area contributed by atoms with Gasteiger partial charge in [0.15, 0.2) is 0 Å². The second-order valence-corrected chi connectivity index (χ2v) is 17.5. The summed E-state index contributed by atoms with van der Waals surface area (Å²) in [7, 11) is 0. The van der Waals surface area contributed by atoms with Crippen LogP contribution in [0.4, 0.5) is 0 Å². The first kappa shape index (κ1) is 33.0. The number of hydrogen-bond donors (Lipinski definition) is 2. The summed E-state index contributed by atoms with van der Waals surface area (Å²) in [5, 5.41) is 9.82. The number of fused-ring (bicyclic) bond motifs is 2. The fourth-order valence-corrected chi connectivity index (χ4v) is 6.81. The average molecular weight is 629 g/mol. The van der Waals surface area contributed by atoms with Crippen molar-refractivity contribution in [3.05, 3.63) is 60.1 Å². The monoisotopic (exact) mass is 628 g/mol. The van der Waals surface area contributed by atoms with E-state index in [1.807, 2.05) is 12.1 Å². The molecule has 0 bridgehead atoms. The second kappa shape index (κ2) is 11.9. The molecule has 0 aliphatic heterocycles. The molecule has 6 heteroatoms. The quantitative estimate of drug-likeness (QED) is 0.172. The summed E-state index contributed by atoms with van der Waals surface area (Å²) in [5.41, 5.74) is 1.89. The van der Waals surface area contributed by atoms with E-state index in [2.05, 4.69) is 116 Å². The van der Waals surface area contributed by atoms with Crippen molar-refractivity contribution in [2.45, 2.75) is 154 Å². The third kappa shape index (κ3) is 7.77. The number of benzene rings is 2. The van der Waals surface area contributed by atoms with Crippen molar-refractivity contribution in [3.63, 3.8) is 0 Å². The van der Waals surface area contributed by atoms with Crippen molar-refractivity contribution in [3.8, 4) is 11.5 Å². The van der Waals surface area contributed by atoms with Crippen LogP contribution in [-0.2, 0) is 10.8 Å². The number of nitrogens with one attached hydrogen (secondary N) is 2. The summed E-state index contributed by atoms with van der Waals surface area (Å²) in [6.45, 7) is 22.4. The molecule has 2 saturated carbocycles. The maximum absolute atomic E-state index is 6.39. The molecular weight excluding hydrogens is 572 g/mol. The van der Waals surface area contributed by atoms with E-state index in [0.29, 0.717) is 12.1 Å². The van der Waals surface area contributed by atoms with E-state index >= 15 is 0 Å². The number of furan rings is 2. The van der Waals surface area contributed by atoms with Crippen LogP contribution in [0.2, 0.25) is 0 Å². The molecule has 2 aliphatic rings. The highest BCUT2D eigenvalue weighted by atomic mass is 16.5. The molecule has 6 nitrogen and oxygen atoms in total. The maximum atomic E-state index is 6.39. The number of hydrogen-bond acceptors (Lipinski definition) is 6. The van der Waals surface area contributed by atoms with Crippen molar-refractivity contribution in [2.75, 3.05) is 0 Å². The summed E-state index contributed by atoms with van der Waals surface area (Å²) in [6, 6.07) is 17.8. The van der Waals surface area contributed by atoms with Crippen LogP contribution in [0.3, 0.4) is 0 Å². The largest absolute Gasteiger partial charge is 0.490 e. The lowest BCUT2D eigenvalue weighted by Crippen LogP contribution is -2.54. The van der Waals surface area contributed by atoms with Gasteiger partial charge in [-0.05, 0) is 116 Å². The first-order valence-electron chi connectivity index (χ1n) is 17.4. The van der Waals surface area contributed by atoms with E-state index in [1.54, 1.807) is 0 Å². The lowest BCUT2D eigenvalue weighted by molar-refractivity contribution is 0.0689. The normalized spacial score (nSPS) is 22.6. The van der Waals surface area contributed by atoms with Crippen LogP contribution >= 0.6 is 0 Å². The van der Waals surface area contributed by atoms with Crippen LogP contribution in [0.15, 0.2) is 57.4 Å². The molecule has 0 amide bonds. The molecule has 4 aromatic rings. The minimum Gasteiger partial charge on any atom is -0.490 e. The highest BCUT2D eigenvalue weighted by molar-refractivity contribution is 5.80. The smallest absolute Gasteiger partial charge is 0.137 e. The van der Waals surface area contributed by atoms with E-state index < -0.39 is 0 Å². The summed E-state index contributed by atoms with van der Waals surface area (Å²) in [4.78, 5) is 0. The predicted molar refractivity (Wildman–Crippen MR) is 188 cm³/mol. The Bertz CT molecular complexity index is 1650. The van der Waals surface area contributed by atoms with Gasteiger partial charge in [0.2, 0.25) is 0 Å². The Labute approximate surface area is 276 Å². The summed E-state index contributed by atoms with van der Waals surface area (Å²) in [6.07, 6.45) is 6.71. The van der Waals surface area contributed by atoms with Crippen LogP contribution in [0.1, 0.15) is 119 Å². The Balaban J connectivity index is 0.971. The van der Waals surface area contributed by atoms with Crippen molar-refractivity contribution in [1.82, 2.24) is 10.6 Å². The van der Waals surface area contributed by atoms with Gasteiger partial charge in [-0.3, -0.25) is 0 Å². The lowest BCUT2D eigenvalue weighted by Gasteiger charge is -2.42. The third-order valence-corrected chi connectivity index (χ3v) is 9.79. The third-order valence-electron chi connectivity index (χ3n) is 9.79. The van der Waals surface area contributed by atoms with E-state index in [-0.39, 0.29) is 34.1 Å². The summed E-state index contributed by atoms with van der Waals surface area (Å²) >= 11 is 0. The molecule has 2 fully saturated rings. The molecule has 2 aromatic carbocycles. The van der Waals surface area contributed by atoms with Crippen LogP contribution in [0.5, 0.6) is 11.5 Å². The van der Waals surface area contributed by atoms with E-state index in [0.717, 1.165) is 83.5 Å². The van der Waals surface area contributed by atoms with Crippen molar-refractivity contribution in [2.24, 2.45) is 0 Å². The minimum absolute atomic E-state index is 0.00964. The molecular formula is C40H56N2O4. The number of rotatable bonds is 11. The molecule has 2 aliphatic carbocycles. The van der Waals surface area contributed by atoms with Crippen LogP contribution < -0.4 is 20.1 Å². The SMILES string of the molecule is CC(C)(C)NC1CC(Oc2ccc3oc(C(C)(C)CCC(C)(C)NC4CC(Oc5ccc6cc(C(C)(C)C)oc6c5)C4)cc3c2)C1. The summed E-state index contributed by atoms with van der Waals surface area (Å²) < 4.78 is 25.2. The van der Waals surface area contributed by atoms with Gasteiger partial charge in [0.05, 0.1) is 0 Å². The van der Waals surface area contributed by atoms with Crippen LogP contribution in [-0.4, -0.2) is 35.4 Å². The summed E-state index contributed by atoms with van der Waals surface area (Å²) in [5.74, 6) is 3.86. The maximum Gasteiger partial charge on any atom is 0.137 e. The number of ether oxygens (including phenoxy) is 2. The highest BCUT2D eigenvalue weighted by Gasteiger charge is 2.36. The second-order valence-electron chi connectivity index (χ2n) is 17.5. The first-order valence-corrected chi connectivity index (χ1v) is 17.4. The topological polar surface area (TPSA) is 68.8 Å². The molecule has 0 unspecified atom stereocenters. The van der Waals surface area contributed by atoms with E-state index in [4.69, 9.17) is 18.3 Å². The van der Waals surface area contributed by atoms with Gasteiger partial charge in [-0.25, -0.2) is 0 Å². The highest BCUT2D eigenvalue weighted by Crippen LogP contribution is 2.38. The van der Waals surface area contributed by atoms with Gasteiger partial charge in [0.1, 0.15) is 46.4 Å². The molecule has 0 radical (unpaired) electrons. The average Bonchev–Trinajstić information content (AvgIpc) is 3.53. The Hall–Kier alpha value is -2.96. The molecule has 0 atom stereocenters. The Morgan fingerprint density at radius 1 is 0.609 bits per heavy atom. The Kier molecular flexibility index (Phi) is 8.55. The van der Waals surface area contributed by atoms with Gasteiger partial charge in [0.25, 0.3) is 0 Å². The molecule has 6 rings (SSSR count). The van der Waals surface area contributed by atoms with Gasteiger partial charge >= 0.3 is 0 Å². The van der Waals surface area contributed by atoms with Crippen molar-refractivity contribution < 1.29 is 18.3 Å². The van der Waals surface area contributed by atoms with Crippen LogP contribution in [0, 0.1) is 0 Å². The zero-order chi connectivity index (χ0) is 33.1. The molecule has 2 aromatic heterocycles. The predicted octanol–water partition coefficient (Wildman–Crippen LogP) is 9.81. The van der Waals surface area contributed by atoms with Gasteiger partial charge in [-0.15, -0.1) is 0 Å². The zero-order valence-corrected chi connectivity index (χ0v) is 29.8. The lowest BCUT2D eigenvalue weighted by atomic mass is 9.79. The molecule has 0 saturated heterocycles. The Morgan fingerprint density at radius 2 is 1.17 bits per heavy atom. The molecule has 2 heterocycles. The molecule has 46 heavy (non-hydrogen) atoms. The van der Waals surface area contributed by atoms with Crippen molar-refractivity contribution in [1.29, 1.82) is 0 Å². The van der Waals surface area contributed by atoms with Crippen LogP contribution in [0.25, 0.3) is 21.9 Å². The molecule has 2 N–H and O–H groups in total.